The molecule has 0 radical (unpaired) electrons. The number of fused-ring (bicyclic) bond motifs is 1. The first-order valence-corrected chi connectivity index (χ1v) is 9.68. The van der Waals surface area contributed by atoms with Gasteiger partial charge in [0.05, 0.1) is 12.3 Å². The maximum absolute atomic E-state index is 12.9. The summed E-state index contributed by atoms with van der Waals surface area (Å²) in [5, 5.41) is 4.31. The molecule has 0 saturated carbocycles. The Morgan fingerprint density at radius 3 is 2.60 bits per heavy atom. The third-order valence-electron chi connectivity index (χ3n) is 5.08. The molecular weight excluding hydrogens is 334 g/mol. The van der Waals surface area contributed by atoms with Gasteiger partial charge in [0.15, 0.2) is 0 Å². The molecule has 6 heteroatoms. The number of nitrogens with one attached hydrogen (secondary N) is 1. The largest absolute Gasteiger partial charge is 0.494 e. The molecule has 0 bridgehead atoms. The van der Waals surface area contributed by atoms with E-state index < -0.39 is 0 Å². The maximum atomic E-state index is 12.9. The summed E-state index contributed by atoms with van der Waals surface area (Å²) in [6.45, 7) is 8.36. The molecule has 132 valence electrons. The molecule has 0 unspecified atom stereocenters. The topological polar surface area (TPSA) is 54.5 Å². The fourth-order valence-electron chi connectivity index (χ4n) is 3.74. The van der Waals surface area contributed by atoms with Crippen LogP contribution in [-0.4, -0.2) is 48.6 Å². The van der Waals surface area contributed by atoms with Gasteiger partial charge in [-0.3, -0.25) is 4.79 Å². The monoisotopic (exact) mass is 357 g/mol. The third kappa shape index (κ3) is 3.16. The number of carbonyl (C=O) groups excluding carboxylic acids is 1. The highest BCUT2D eigenvalue weighted by molar-refractivity contribution is 7.17. The van der Waals surface area contributed by atoms with Gasteiger partial charge >= 0.3 is 0 Å². The van der Waals surface area contributed by atoms with Gasteiger partial charge in [-0.1, -0.05) is 0 Å². The van der Waals surface area contributed by atoms with Crippen LogP contribution >= 0.6 is 11.3 Å². The minimum Gasteiger partial charge on any atom is -0.494 e. The van der Waals surface area contributed by atoms with Crippen molar-refractivity contribution >= 4 is 17.2 Å². The Kier molecular flexibility index (Phi) is 4.48. The summed E-state index contributed by atoms with van der Waals surface area (Å²) in [4.78, 5) is 20.4. The van der Waals surface area contributed by atoms with E-state index in [1.54, 1.807) is 0 Å². The number of likely N-dealkylation sites (tertiary alicyclic amines) is 1. The zero-order valence-electron chi connectivity index (χ0n) is 14.6. The molecule has 1 aromatic carbocycles. The van der Waals surface area contributed by atoms with Gasteiger partial charge in [-0.15, -0.1) is 11.3 Å². The van der Waals surface area contributed by atoms with E-state index in [-0.39, 0.29) is 5.91 Å². The first-order chi connectivity index (χ1) is 12.2. The van der Waals surface area contributed by atoms with Crippen LogP contribution in [0.3, 0.4) is 0 Å². The molecule has 3 heterocycles. The number of hydrogen-bond acceptors (Lipinski definition) is 5. The van der Waals surface area contributed by atoms with E-state index in [1.807, 2.05) is 43.0 Å². The molecular formula is C19H23N3O2S. The highest BCUT2D eigenvalue weighted by Gasteiger charge is 2.39. The van der Waals surface area contributed by atoms with Crippen LogP contribution in [0.2, 0.25) is 0 Å². The van der Waals surface area contributed by atoms with Crippen LogP contribution in [0.25, 0.3) is 10.6 Å². The molecule has 1 aromatic heterocycles. The van der Waals surface area contributed by atoms with Gasteiger partial charge in [0.1, 0.15) is 15.6 Å². The second-order valence-corrected chi connectivity index (χ2v) is 7.78. The highest BCUT2D eigenvalue weighted by Crippen LogP contribution is 2.33. The highest BCUT2D eigenvalue weighted by atomic mass is 32.1. The predicted molar refractivity (Wildman–Crippen MR) is 99.2 cm³/mol. The predicted octanol–water partition coefficient (Wildman–Crippen LogP) is 2.81. The number of rotatable bonds is 4. The Labute approximate surface area is 152 Å². The Balaban J connectivity index is 1.52. The summed E-state index contributed by atoms with van der Waals surface area (Å²) in [7, 11) is 0. The third-order valence-corrected chi connectivity index (χ3v) is 6.27. The van der Waals surface area contributed by atoms with Gasteiger partial charge in [0, 0.05) is 31.7 Å². The number of aryl methyl sites for hydroxylation is 1. The fourth-order valence-corrected chi connectivity index (χ4v) is 4.78. The lowest BCUT2D eigenvalue weighted by Gasteiger charge is -2.16. The minimum absolute atomic E-state index is 0.140. The molecule has 25 heavy (non-hydrogen) atoms. The van der Waals surface area contributed by atoms with Crippen molar-refractivity contribution in [3.63, 3.8) is 0 Å². The number of carbonyl (C=O) groups is 1. The normalized spacial score (nSPS) is 22.2. The summed E-state index contributed by atoms with van der Waals surface area (Å²) < 4.78 is 5.48. The molecule has 1 amide bonds. The van der Waals surface area contributed by atoms with Crippen molar-refractivity contribution in [3.8, 4) is 16.3 Å². The maximum Gasteiger partial charge on any atom is 0.265 e. The van der Waals surface area contributed by atoms with Gasteiger partial charge in [-0.05, 0) is 49.9 Å². The van der Waals surface area contributed by atoms with Crippen LogP contribution in [-0.2, 0) is 0 Å². The molecule has 4 rings (SSSR count). The minimum atomic E-state index is 0.140. The summed E-state index contributed by atoms with van der Waals surface area (Å²) in [5.74, 6) is 2.22. The number of hydrogen-bond donors (Lipinski definition) is 1. The van der Waals surface area contributed by atoms with Crippen molar-refractivity contribution in [2.24, 2.45) is 11.8 Å². The summed E-state index contributed by atoms with van der Waals surface area (Å²) in [6, 6.07) is 7.91. The SMILES string of the molecule is CCOc1ccc(-c2nc(C)c(C(=O)N3C[C@H]4CNC[C@H]4C3)s2)cc1. The van der Waals surface area contributed by atoms with Crippen LogP contribution in [0.4, 0.5) is 0 Å². The molecule has 2 atom stereocenters. The second-order valence-electron chi connectivity index (χ2n) is 6.78. The van der Waals surface area contributed by atoms with E-state index in [9.17, 15) is 4.79 Å². The van der Waals surface area contributed by atoms with Gasteiger partial charge in [0.25, 0.3) is 5.91 Å². The summed E-state index contributed by atoms with van der Waals surface area (Å²) in [6.07, 6.45) is 0. The number of aromatic nitrogens is 1. The van der Waals surface area contributed by atoms with E-state index >= 15 is 0 Å². The number of amides is 1. The van der Waals surface area contributed by atoms with Gasteiger partial charge in [-0.2, -0.15) is 0 Å². The zero-order chi connectivity index (χ0) is 17.4. The molecule has 1 N–H and O–H groups in total. The van der Waals surface area contributed by atoms with E-state index in [4.69, 9.17) is 4.74 Å². The van der Waals surface area contributed by atoms with Crippen LogP contribution in [0.1, 0.15) is 22.3 Å². The molecule has 0 aliphatic carbocycles. The molecule has 2 aliphatic rings. The van der Waals surface area contributed by atoms with E-state index in [0.29, 0.717) is 18.4 Å². The Morgan fingerprint density at radius 2 is 1.96 bits per heavy atom. The van der Waals surface area contributed by atoms with Crippen molar-refractivity contribution in [3.05, 3.63) is 34.8 Å². The number of nitrogens with zero attached hydrogens (tertiary/aromatic N) is 2. The lowest BCUT2D eigenvalue weighted by molar-refractivity contribution is 0.0785. The molecule has 2 aliphatic heterocycles. The average molecular weight is 357 g/mol. The van der Waals surface area contributed by atoms with Crippen molar-refractivity contribution in [1.82, 2.24) is 15.2 Å². The lowest BCUT2D eigenvalue weighted by Crippen LogP contribution is -2.31. The molecule has 2 fully saturated rings. The number of thiazole rings is 1. The van der Waals surface area contributed by atoms with Gasteiger partial charge in [-0.25, -0.2) is 4.98 Å². The van der Waals surface area contributed by atoms with Crippen molar-refractivity contribution in [2.45, 2.75) is 13.8 Å². The summed E-state index contributed by atoms with van der Waals surface area (Å²) in [5.41, 5.74) is 1.85. The van der Waals surface area contributed by atoms with E-state index in [1.165, 1.54) is 11.3 Å². The van der Waals surface area contributed by atoms with Crippen LogP contribution < -0.4 is 10.1 Å². The number of benzene rings is 1. The smallest absolute Gasteiger partial charge is 0.265 e. The number of ether oxygens (including phenoxy) is 1. The van der Waals surface area contributed by atoms with E-state index in [0.717, 1.165) is 53.1 Å². The molecule has 5 nitrogen and oxygen atoms in total. The Morgan fingerprint density at radius 1 is 1.28 bits per heavy atom. The van der Waals surface area contributed by atoms with Crippen molar-refractivity contribution in [2.75, 3.05) is 32.8 Å². The molecule has 2 saturated heterocycles. The molecule has 0 spiro atoms. The van der Waals surface area contributed by atoms with Gasteiger partial charge in [0.2, 0.25) is 0 Å². The quantitative estimate of drug-likeness (QED) is 0.914. The van der Waals surface area contributed by atoms with Crippen molar-refractivity contribution in [1.29, 1.82) is 0 Å². The Bertz CT molecular complexity index is 759. The van der Waals surface area contributed by atoms with Gasteiger partial charge < -0.3 is 15.0 Å². The second kappa shape index (κ2) is 6.77. The lowest BCUT2D eigenvalue weighted by atomic mass is 10.0. The van der Waals surface area contributed by atoms with Crippen LogP contribution in [0.15, 0.2) is 24.3 Å². The Hall–Kier alpha value is -1.92. The average Bonchev–Trinajstić information content (AvgIpc) is 3.29. The summed E-state index contributed by atoms with van der Waals surface area (Å²) >= 11 is 1.50. The first-order valence-electron chi connectivity index (χ1n) is 8.86. The fraction of sp³-hybridized carbons (Fsp3) is 0.474. The van der Waals surface area contributed by atoms with Crippen LogP contribution in [0, 0.1) is 18.8 Å². The molecule has 2 aromatic rings. The van der Waals surface area contributed by atoms with E-state index in [2.05, 4.69) is 10.3 Å². The zero-order valence-corrected chi connectivity index (χ0v) is 15.4. The van der Waals surface area contributed by atoms with Crippen LogP contribution in [0.5, 0.6) is 5.75 Å². The standard InChI is InChI=1S/C19H23N3O2S/c1-3-24-16-6-4-13(5-7-16)18-21-12(2)17(25-18)19(23)22-10-14-8-20-9-15(14)11-22/h4-7,14-15,20H,3,8-11H2,1-2H3/t14-,15+. The first kappa shape index (κ1) is 16.5. The van der Waals surface area contributed by atoms with Crippen molar-refractivity contribution < 1.29 is 9.53 Å².